The van der Waals surface area contributed by atoms with Crippen LogP contribution in [-0.2, 0) is 11.3 Å². The number of aromatic nitrogens is 1. The molecular weight excluding hydrogens is 324 g/mol. The topological polar surface area (TPSA) is 62.2 Å². The van der Waals surface area contributed by atoms with Crippen LogP contribution in [0.3, 0.4) is 0 Å². The van der Waals surface area contributed by atoms with Gasteiger partial charge < -0.3 is 10.4 Å². The first-order valence-corrected chi connectivity index (χ1v) is 8.78. The summed E-state index contributed by atoms with van der Waals surface area (Å²) in [6.07, 6.45) is 2.56. The van der Waals surface area contributed by atoms with Crippen LogP contribution in [0.2, 0.25) is 0 Å². The Balaban J connectivity index is 1.35. The fourth-order valence-corrected chi connectivity index (χ4v) is 3.22. The Labute approximate surface area is 152 Å². The monoisotopic (exact) mass is 344 g/mol. The van der Waals surface area contributed by atoms with Gasteiger partial charge in [-0.3, -0.25) is 9.78 Å². The molecule has 3 aromatic rings. The van der Waals surface area contributed by atoms with Crippen molar-refractivity contribution < 1.29 is 9.90 Å². The molecule has 4 nitrogen and oxygen atoms in total. The van der Waals surface area contributed by atoms with E-state index in [1.165, 1.54) is 5.56 Å². The zero-order chi connectivity index (χ0) is 17.9. The SMILES string of the molecule is O=C(O)C1CC1c1ccc(NCc2ccc(-c3ccccn3)cc2)cc1. The van der Waals surface area contributed by atoms with Crippen molar-refractivity contribution in [2.45, 2.75) is 18.9 Å². The molecule has 26 heavy (non-hydrogen) atoms. The molecule has 130 valence electrons. The lowest BCUT2D eigenvalue weighted by atomic mass is 10.1. The Bertz CT molecular complexity index is 890. The van der Waals surface area contributed by atoms with Gasteiger partial charge in [0.2, 0.25) is 0 Å². The standard InChI is InChI=1S/C22H20N2O2/c25-22(26)20-13-19(20)16-8-10-18(11-9-16)24-14-15-4-6-17(7-5-15)21-3-1-2-12-23-21/h1-12,19-20,24H,13-14H2,(H,25,26). The van der Waals surface area contributed by atoms with Gasteiger partial charge >= 0.3 is 5.97 Å². The van der Waals surface area contributed by atoms with E-state index in [-0.39, 0.29) is 11.8 Å². The number of pyridine rings is 1. The number of nitrogens with one attached hydrogen (secondary N) is 1. The molecule has 0 saturated heterocycles. The van der Waals surface area contributed by atoms with Crippen molar-refractivity contribution in [1.82, 2.24) is 4.98 Å². The Morgan fingerprint density at radius 2 is 1.81 bits per heavy atom. The van der Waals surface area contributed by atoms with Crippen molar-refractivity contribution >= 4 is 11.7 Å². The third-order valence-corrected chi connectivity index (χ3v) is 4.86. The van der Waals surface area contributed by atoms with Gasteiger partial charge in [-0.25, -0.2) is 0 Å². The maximum atomic E-state index is 11.0. The Morgan fingerprint density at radius 3 is 2.42 bits per heavy atom. The molecule has 0 spiro atoms. The second-order valence-electron chi connectivity index (χ2n) is 6.67. The van der Waals surface area contributed by atoms with Gasteiger partial charge in [0.05, 0.1) is 11.6 Å². The van der Waals surface area contributed by atoms with Crippen LogP contribution in [0, 0.1) is 5.92 Å². The Morgan fingerprint density at radius 1 is 1.04 bits per heavy atom. The number of benzene rings is 2. The molecule has 2 N–H and O–H groups in total. The predicted octanol–water partition coefficient (Wildman–Crippen LogP) is 4.55. The summed E-state index contributed by atoms with van der Waals surface area (Å²) >= 11 is 0. The zero-order valence-corrected chi connectivity index (χ0v) is 14.3. The average molecular weight is 344 g/mol. The van der Waals surface area contributed by atoms with E-state index in [1.807, 2.05) is 42.5 Å². The summed E-state index contributed by atoms with van der Waals surface area (Å²) in [6.45, 7) is 0.739. The van der Waals surface area contributed by atoms with Gasteiger partial charge in [-0.15, -0.1) is 0 Å². The molecule has 1 heterocycles. The highest BCUT2D eigenvalue weighted by atomic mass is 16.4. The van der Waals surface area contributed by atoms with Gasteiger partial charge in [0, 0.05) is 24.0 Å². The van der Waals surface area contributed by atoms with Crippen molar-refractivity contribution in [1.29, 1.82) is 0 Å². The van der Waals surface area contributed by atoms with E-state index in [0.29, 0.717) is 0 Å². The molecule has 0 bridgehead atoms. The van der Waals surface area contributed by atoms with Crippen LogP contribution in [-0.4, -0.2) is 16.1 Å². The van der Waals surface area contributed by atoms with E-state index in [4.69, 9.17) is 5.11 Å². The minimum atomic E-state index is -0.689. The molecular formula is C22H20N2O2. The van der Waals surface area contributed by atoms with Crippen molar-refractivity contribution in [3.05, 3.63) is 84.1 Å². The number of aliphatic carboxylic acids is 1. The summed E-state index contributed by atoms with van der Waals surface area (Å²) in [4.78, 5) is 15.3. The van der Waals surface area contributed by atoms with Gasteiger partial charge in [0.25, 0.3) is 0 Å². The van der Waals surface area contributed by atoms with E-state index in [2.05, 4.69) is 34.6 Å². The molecule has 1 saturated carbocycles. The average Bonchev–Trinajstić information content (AvgIpc) is 3.49. The first-order valence-electron chi connectivity index (χ1n) is 8.78. The molecule has 0 amide bonds. The molecule has 4 heteroatoms. The van der Waals surface area contributed by atoms with Crippen molar-refractivity contribution in [2.24, 2.45) is 5.92 Å². The van der Waals surface area contributed by atoms with E-state index >= 15 is 0 Å². The minimum absolute atomic E-state index is 0.181. The number of nitrogens with zero attached hydrogens (tertiary/aromatic N) is 1. The summed E-state index contributed by atoms with van der Waals surface area (Å²) in [5.74, 6) is -0.710. The first kappa shape index (κ1) is 16.3. The predicted molar refractivity (Wildman–Crippen MR) is 102 cm³/mol. The van der Waals surface area contributed by atoms with Crippen LogP contribution in [0.1, 0.15) is 23.5 Å². The summed E-state index contributed by atoms with van der Waals surface area (Å²) in [7, 11) is 0. The van der Waals surface area contributed by atoms with Gasteiger partial charge in [0.15, 0.2) is 0 Å². The number of hydrogen-bond donors (Lipinski definition) is 2. The van der Waals surface area contributed by atoms with Gasteiger partial charge in [-0.2, -0.15) is 0 Å². The summed E-state index contributed by atoms with van der Waals surface area (Å²) < 4.78 is 0. The van der Waals surface area contributed by atoms with E-state index < -0.39 is 5.97 Å². The molecule has 1 aliphatic carbocycles. The zero-order valence-electron chi connectivity index (χ0n) is 14.3. The van der Waals surface area contributed by atoms with E-state index in [9.17, 15) is 4.79 Å². The largest absolute Gasteiger partial charge is 0.481 e. The van der Waals surface area contributed by atoms with Crippen LogP contribution >= 0.6 is 0 Å². The maximum Gasteiger partial charge on any atom is 0.307 e. The quantitative estimate of drug-likeness (QED) is 0.689. The third kappa shape index (κ3) is 3.59. The van der Waals surface area contributed by atoms with Crippen LogP contribution in [0.15, 0.2) is 72.9 Å². The van der Waals surface area contributed by atoms with Gasteiger partial charge in [-0.05, 0) is 47.7 Å². The van der Waals surface area contributed by atoms with Crippen molar-refractivity contribution in [3.63, 3.8) is 0 Å². The molecule has 1 aromatic heterocycles. The van der Waals surface area contributed by atoms with E-state index in [0.717, 1.165) is 35.5 Å². The highest BCUT2D eigenvalue weighted by molar-refractivity contribution is 5.75. The minimum Gasteiger partial charge on any atom is -0.481 e. The third-order valence-electron chi connectivity index (χ3n) is 4.86. The number of carboxylic acid groups (broad SMARTS) is 1. The van der Waals surface area contributed by atoms with Crippen LogP contribution in [0.25, 0.3) is 11.3 Å². The number of carboxylic acids is 1. The fraction of sp³-hybridized carbons (Fsp3) is 0.182. The summed E-state index contributed by atoms with van der Waals surface area (Å²) in [6, 6.07) is 22.4. The molecule has 0 radical (unpaired) electrons. The lowest BCUT2D eigenvalue weighted by Gasteiger charge is -2.08. The lowest BCUT2D eigenvalue weighted by molar-refractivity contribution is -0.138. The molecule has 2 aromatic carbocycles. The van der Waals surface area contributed by atoms with Crippen LogP contribution in [0.5, 0.6) is 0 Å². The second kappa shape index (κ2) is 7.00. The molecule has 2 atom stereocenters. The molecule has 2 unspecified atom stereocenters. The maximum absolute atomic E-state index is 11.0. The number of carbonyl (C=O) groups is 1. The van der Waals surface area contributed by atoms with Crippen molar-refractivity contribution in [3.8, 4) is 11.3 Å². The molecule has 1 aliphatic rings. The summed E-state index contributed by atoms with van der Waals surface area (Å²) in [5, 5.41) is 12.4. The Hall–Kier alpha value is -3.14. The molecule has 4 rings (SSSR count). The lowest BCUT2D eigenvalue weighted by Crippen LogP contribution is -2.00. The van der Waals surface area contributed by atoms with Crippen LogP contribution < -0.4 is 5.32 Å². The normalized spacial score (nSPS) is 18.3. The summed E-state index contributed by atoms with van der Waals surface area (Å²) in [5.41, 5.74) is 5.43. The number of hydrogen-bond acceptors (Lipinski definition) is 3. The first-order chi connectivity index (χ1) is 12.7. The smallest absolute Gasteiger partial charge is 0.307 e. The highest BCUT2D eigenvalue weighted by Crippen LogP contribution is 2.47. The van der Waals surface area contributed by atoms with Crippen molar-refractivity contribution in [2.75, 3.05) is 5.32 Å². The highest BCUT2D eigenvalue weighted by Gasteiger charge is 2.43. The fourth-order valence-electron chi connectivity index (χ4n) is 3.22. The number of anilines is 1. The molecule has 0 aliphatic heterocycles. The Kier molecular flexibility index (Phi) is 4.40. The molecule has 1 fully saturated rings. The second-order valence-corrected chi connectivity index (χ2v) is 6.67. The number of rotatable bonds is 6. The van der Waals surface area contributed by atoms with Gasteiger partial charge in [0.1, 0.15) is 0 Å². The van der Waals surface area contributed by atoms with Crippen LogP contribution in [0.4, 0.5) is 5.69 Å². The van der Waals surface area contributed by atoms with Gasteiger partial charge in [-0.1, -0.05) is 42.5 Å². The van der Waals surface area contributed by atoms with E-state index in [1.54, 1.807) is 6.20 Å².